The molecule has 2 unspecified atom stereocenters. The average Bonchev–Trinajstić information content (AvgIpc) is 2.25. The van der Waals surface area contributed by atoms with Gasteiger partial charge in [-0.15, -0.1) is 0 Å². The molecule has 2 rings (SSSR count). The summed E-state index contributed by atoms with van der Waals surface area (Å²) in [4.78, 5) is 0. The van der Waals surface area contributed by atoms with E-state index < -0.39 is 0 Å². The van der Waals surface area contributed by atoms with E-state index in [0.717, 1.165) is 18.3 Å². The average molecular weight is 248 g/mol. The van der Waals surface area contributed by atoms with Crippen molar-refractivity contribution in [1.29, 1.82) is 0 Å². The number of phenolic OH excluding ortho intramolecular Hbond substituents is 1. The lowest BCUT2D eigenvalue weighted by atomic mass is 9.68. The van der Waals surface area contributed by atoms with E-state index in [1.165, 1.54) is 19.3 Å². The second-order valence-corrected chi connectivity index (χ2v) is 6.58. The van der Waals surface area contributed by atoms with Crippen molar-refractivity contribution in [1.82, 2.24) is 0 Å². The molecule has 0 radical (unpaired) electrons. The molecule has 18 heavy (non-hydrogen) atoms. The van der Waals surface area contributed by atoms with E-state index in [1.807, 2.05) is 12.1 Å². The highest BCUT2D eigenvalue weighted by Crippen LogP contribution is 2.41. The molecule has 0 aliphatic heterocycles. The van der Waals surface area contributed by atoms with Crippen LogP contribution in [0.4, 0.5) is 0 Å². The van der Waals surface area contributed by atoms with Gasteiger partial charge in [-0.05, 0) is 60.8 Å². The predicted molar refractivity (Wildman–Crippen MR) is 73.9 cm³/mol. The molecule has 2 nitrogen and oxygen atoms in total. The minimum Gasteiger partial charge on any atom is -0.508 e. The van der Waals surface area contributed by atoms with Gasteiger partial charge in [-0.25, -0.2) is 0 Å². The number of hydrogen-bond acceptors (Lipinski definition) is 2. The first kappa shape index (κ1) is 13.3. The normalized spacial score (nSPS) is 26.8. The maximum absolute atomic E-state index is 9.22. The molecule has 0 aromatic heterocycles. The standard InChI is InChI=1S/C16H24O2/c1-12-8-13(10-16(2,3)9-12)11-18-15-6-4-14(17)5-7-15/h4-7,12-13,17H,8-11H2,1-3H3. The van der Waals surface area contributed by atoms with Crippen LogP contribution >= 0.6 is 0 Å². The van der Waals surface area contributed by atoms with E-state index in [0.29, 0.717) is 11.3 Å². The Kier molecular flexibility index (Phi) is 3.84. The molecule has 0 saturated heterocycles. The highest BCUT2D eigenvalue weighted by atomic mass is 16.5. The summed E-state index contributed by atoms with van der Waals surface area (Å²) in [5.41, 5.74) is 0.445. The zero-order valence-corrected chi connectivity index (χ0v) is 11.6. The lowest BCUT2D eigenvalue weighted by molar-refractivity contribution is 0.0955. The van der Waals surface area contributed by atoms with Gasteiger partial charge in [0.15, 0.2) is 0 Å². The van der Waals surface area contributed by atoms with Crippen LogP contribution < -0.4 is 4.74 Å². The lowest BCUT2D eigenvalue weighted by Crippen LogP contribution is -2.30. The minimum absolute atomic E-state index is 0.287. The second-order valence-electron chi connectivity index (χ2n) is 6.58. The number of rotatable bonds is 3. The molecule has 1 aliphatic rings. The molecule has 2 atom stereocenters. The first-order chi connectivity index (χ1) is 8.44. The highest BCUT2D eigenvalue weighted by Gasteiger charge is 2.32. The Bertz CT molecular complexity index is 381. The van der Waals surface area contributed by atoms with Gasteiger partial charge < -0.3 is 9.84 Å². The van der Waals surface area contributed by atoms with Crippen LogP contribution in [0.1, 0.15) is 40.0 Å². The fourth-order valence-corrected chi connectivity index (χ4v) is 3.43. The van der Waals surface area contributed by atoms with Crippen LogP contribution in [-0.2, 0) is 0 Å². The summed E-state index contributed by atoms with van der Waals surface area (Å²) >= 11 is 0. The van der Waals surface area contributed by atoms with Gasteiger partial charge in [0.2, 0.25) is 0 Å². The van der Waals surface area contributed by atoms with Crippen LogP contribution in [0.5, 0.6) is 11.5 Å². The van der Waals surface area contributed by atoms with E-state index in [4.69, 9.17) is 4.74 Å². The minimum atomic E-state index is 0.287. The van der Waals surface area contributed by atoms with E-state index in [2.05, 4.69) is 20.8 Å². The number of ether oxygens (including phenoxy) is 1. The van der Waals surface area contributed by atoms with Crippen molar-refractivity contribution in [2.75, 3.05) is 6.61 Å². The number of aromatic hydroxyl groups is 1. The SMILES string of the molecule is CC1CC(COc2ccc(O)cc2)CC(C)(C)C1. The molecule has 1 aromatic rings. The molecule has 2 heteroatoms. The summed E-state index contributed by atoms with van der Waals surface area (Å²) in [5, 5.41) is 9.22. The van der Waals surface area contributed by atoms with Crippen molar-refractivity contribution in [3.63, 3.8) is 0 Å². The third-order valence-corrected chi connectivity index (χ3v) is 3.80. The quantitative estimate of drug-likeness (QED) is 0.867. The molecular formula is C16H24O2. The molecule has 1 N–H and O–H groups in total. The summed E-state index contributed by atoms with van der Waals surface area (Å²) in [5.74, 6) is 2.58. The Morgan fingerprint density at radius 1 is 1.22 bits per heavy atom. The first-order valence-corrected chi connectivity index (χ1v) is 6.86. The largest absolute Gasteiger partial charge is 0.508 e. The maximum atomic E-state index is 9.22. The molecule has 1 aliphatic carbocycles. The van der Waals surface area contributed by atoms with Crippen molar-refractivity contribution in [3.8, 4) is 11.5 Å². The molecule has 0 amide bonds. The smallest absolute Gasteiger partial charge is 0.119 e. The van der Waals surface area contributed by atoms with Crippen LogP contribution in [0.25, 0.3) is 0 Å². The van der Waals surface area contributed by atoms with Crippen LogP contribution in [0.15, 0.2) is 24.3 Å². The van der Waals surface area contributed by atoms with Gasteiger partial charge in [0, 0.05) is 0 Å². The van der Waals surface area contributed by atoms with Crippen LogP contribution in [0.3, 0.4) is 0 Å². The monoisotopic (exact) mass is 248 g/mol. The van der Waals surface area contributed by atoms with Gasteiger partial charge in [0.05, 0.1) is 6.61 Å². The summed E-state index contributed by atoms with van der Waals surface area (Å²) in [6.07, 6.45) is 3.83. The van der Waals surface area contributed by atoms with Gasteiger partial charge in [-0.3, -0.25) is 0 Å². The third-order valence-electron chi connectivity index (χ3n) is 3.80. The van der Waals surface area contributed by atoms with Gasteiger partial charge >= 0.3 is 0 Å². The van der Waals surface area contributed by atoms with Crippen molar-refractivity contribution in [2.24, 2.45) is 17.3 Å². The Hall–Kier alpha value is -1.18. The van der Waals surface area contributed by atoms with Crippen molar-refractivity contribution in [3.05, 3.63) is 24.3 Å². The van der Waals surface area contributed by atoms with Crippen LogP contribution in [0.2, 0.25) is 0 Å². The summed E-state index contributed by atoms with van der Waals surface area (Å²) < 4.78 is 5.83. The van der Waals surface area contributed by atoms with Crippen molar-refractivity contribution in [2.45, 2.75) is 40.0 Å². The molecular weight excluding hydrogens is 224 g/mol. The predicted octanol–water partition coefficient (Wildman–Crippen LogP) is 4.23. The fraction of sp³-hybridized carbons (Fsp3) is 0.625. The molecule has 0 spiro atoms. The van der Waals surface area contributed by atoms with Gasteiger partial charge in [0.25, 0.3) is 0 Å². The number of hydrogen-bond donors (Lipinski definition) is 1. The molecule has 1 aromatic carbocycles. The molecule has 1 fully saturated rings. The fourth-order valence-electron chi connectivity index (χ4n) is 3.43. The van der Waals surface area contributed by atoms with E-state index >= 15 is 0 Å². The van der Waals surface area contributed by atoms with Gasteiger partial charge in [-0.1, -0.05) is 20.8 Å². The van der Waals surface area contributed by atoms with E-state index in [-0.39, 0.29) is 5.75 Å². The van der Waals surface area contributed by atoms with Crippen LogP contribution in [0, 0.1) is 17.3 Å². The summed E-state index contributed by atoms with van der Waals surface area (Å²) in [6.45, 7) is 7.85. The van der Waals surface area contributed by atoms with Gasteiger partial charge in [0.1, 0.15) is 11.5 Å². The third kappa shape index (κ3) is 3.66. The Morgan fingerprint density at radius 2 is 1.89 bits per heavy atom. The Labute approximate surface area is 110 Å². The second kappa shape index (κ2) is 5.21. The summed E-state index contributed by atoms with van der Waals surface area (Å²) in [7, 11) is 0. The topological polar surface area (TPSA) is 29.5 Å². The molecule has 1 saturated carbocycles. The summed E-state index contributed by atoms with van der Waals surface area (Å²) in [6, 6.07) is 6.99. The van der Waals surface area contributed by atoms with E-state index in [9.17, 15) is 5.11 Å². The molecule has 0 bridgehead atoms. The Morgan fingerprint density at radius 3 is 2.50 bits per heavy atom. The number of benzene rings is 1. The lowest BCUT2D eigenvalue weighted by Gasteiger charge is -2.38. The number of phenols is 1. The molecule has 100 valence electrons. The van der Waals surface area contributed by atoms with Crippen molar-refractivity contribution < 1.29 is 9.84 Å². The zero-order chi connectivity index (χ0) is 13.2. The first-order valence-electron chi connectivity index (χ1n) is 6.86. The maximum Gasteiger partial charge on any atom is 0.119 e. The van der Waals surface area contributed by atoms with Gasteiger partial charge in [-0.2, -0.15) is 0 Å². The Balaban J connectivity index is 1.88. The van der Waals surface area contributed by atoms with Crippen LogP contribution in [-0.4, -0.2) is 11.7 Å². The molecule has 0 heterocycles. The highest BCUT2D eigenvalue weighted by molar-refractivity contribution is 5.30. The van der Waals surface area contributed by atoms with Crippen molar-refractivity contribution >= 4 is 0 Å². The zero-order valence-electron chi connectivity index (χ0n) is 11.6. The van der Waals surface area contributed by atoms with E-state index in [1.54, 1.807) is 12.1 Å².